The van der Waals surface area contributed by atoms with Crippen LogP contribution in [0.25, 0.3) is 11.1 Å². The minimum atomic E-state index is 0.535. The minimum absolute atomic E-state index is 0.535. The summed E-state index contributed by atoms with van der Waals surface area (Å²) in [4.78, 5) is 0. The largest absolute Gasteiger partial charge is 0.0841 e. The highest BCUT2D eigenvalue weighted by Gasteiger charge is 3.15. The van der Waals surface area contributed by atoms with Crippen LogP contribution < -0.4 is 0 Å². The van der Waals surface area contributed by atoms with Gasteiger partial charge in [0.05, 0.1) is 0 Å². The number of hydrogen-bond donors (Lipinski definition) is 0. The molecule has 0 nitrogen and oxygen atoms in total. The predicted octanol–water partition coefficient (Wildman–Crippen LogP) is 7.88. The summed E-state index contributed by atoms with van der Waals surface area (Å²) >= 11 is 0. The second-order valence-corrected chi connectivity index (χ2v) is 19.4. The van der Waals surface area contributed by atoms with Crippen LogP contribution in [-0.2, 0) is 0 Å². The fourth-order valence-electron chi connectivity index (χ4n) is 21.3. The van der Waals surface area contributed by atoms with Gasteiger partial charge in [-0.2, -0.15) is 0 Å². The molecule has 0 amide bonds. The summed E-state index contributed by atoms with van der Waals surface area (Å²) in [6, 6.07) is 0. The van der Waals surface area contributed by atoms with Crippen LogP contribution in [0.4, 0.5) is 0 Å². The van der Waals surface area contributed by atoms with Crippen molar-refractivity contribution in [3.63, 3.8) is 0 Å². The quantitative estimate of drug-likeness (QED) is 0.296. The van der Waals surface area contributed by atoms with Gasteiger partial charge in [0, 0.05) is 10.8 Å². The first kappa shape index (κ1) is 18.5. The SMILES string of the molecule is CC12C3C4C=CC5C6C=CC7C8CCC9c%10c8c8c%11c%12c%10C%10C9C=CC9C%10C%10=C%12C%12=C(C4C5C(=C%12%11)C6C87)C31C%101C9C21C. The van der Waals surface area contributed by atoms with E-state index < -0.39 is 0 Å². The second kappa shape index (κ2) is 4.24. The fourth-order valence-corrected chi connectivity index (χ4v) is 21.3. The van der Waals surface area contributed by atoms with E-state index in [0.29, 0.717) is 21.7 Å². The molecule has 20 atom stereocenters. The molecule has 0 radical (unpaired) electrons. The van der Waals surface area contributed by atoms with E-state index in [0.717, 1.165) is 94.7 Å². The Balaban J connectivity index is 1.17. The van der Waals surface area contributed by atoms with E-state index in [-0.39, 0.29) is 0 Å². The van der Waals surface area contributed by atoms with Gasteiger partial charge in [-0.25, -0.2) is 0 Å². The lowest BCUT2D eigenvalue weighted by Crippen LogP contribution is -2.53. The third kappa shape index (κ3) is 0.994. The van der Waals surface area contributed by atoms with Crippen LogP contribution in [0.2, 0.25) is 0 Å². The zero-order valence-corrected chi connectivity index (χ0v) is 24.1. The van der Waals surface area contributed by atoms with Gasteiger partial charge < -0.3 is 0 Å². The topological polar surface area (TPSA) is 0 Å². The Bertz CT molecular complexity index is 2210. The molecule has 18 rings (SSSR count). The van der Waals surface area contributed by atoms with Gasteiger partial charge in [-0.05, 0) is 180 Å². The second-order valence-electron chi connectivity index (χ2n) is 19.4. The van der Waals surface area contributed by atoms with Crippen LogP contribution in [-0.4, -0.2) is 0 Å². The van der Waals surface area contributed by atoms with Crippen molar-refractivity contribution in [1.82, 2.24) is 0 Å². The first-order chi connectivity index (χ1) is 20.7. The summed E-state index contributed by atoms with van der Waals surface area (Å²) in [5.74, 6) is 13.3. The first-order valence-electron chi connectivity index (χ1n) is 18.2. The molecule has 0 N–H and O–H groups in total. The van der Waals surface area contributed by atoms with Crippen LogP contribution in [0.5, 0.6) is 0 Å². The van der Waals surface area contributed by atoms with Crippen LogP contribution in [0, 0.1) is 92.7 Å². The maximum atomic E-state index is 2.90. The highest BCUT2D eigenvalue weighted by atomic mass is 15.2. The molecule has 1 aromatic carbocycles. The van der Waals surface area contributed by atoms with Crippen LogP contribution in [0.1, 0.15) is 83.7 Å². The van der Waals surface area contributed by atoms with Gasteiger partial charge in [-0.1, -0.05) is 55.9 Å². The van der Waals surface area contributed by atoms with Crippen molar-refractivity contribution in [2.45, 2.75) is 50.4 Å². The molecule has 2 spiro atoms. The first-order valence-corrected chi connectivity index (χ1v) is 18.2. The lowest BCUT2D eigenvalue weighted by Gasteiger charge is -2.59. The zero-order chi connectivity index (χ0) is 25.8. The molecule has 0 aromatic heterocycles. The molecule has 0 heteroatoms. The highest BCUT2D eigenvalue weighted by Crippen LogP contribution is 3.19. The Morgan fingerprint density at radius 1 is 0.476 bits per heavy atom. The van der Waals surface area contributed by atoms with Crippen molar-refractivity contribution >= 4 is 11.1 Å². The summed E-state index contributed by atoms with van der Waals surface area (Å²) in [6.07, 6.45) is 20.1. The van der Waals surface area contributed by atoms with Gasteiger partial charge in [-0.3, -0.25) is 0 Å². The van der Waals surface area contributed by atoms with E-state index in [4.69, 9.17) is 0 Å². The van der Waals surface area contributed by atoms with Crippen LogP contribution in [0.3, 0.4) is 0 Å². The van der Waals surface area contributed by atoms with Gasteiger partial charge in [0.2, 0.25) is 0 Å². The smallest absolute Gasteiger partial charge is 0.0129 e. The van der Waals surface area contributed by atoms with Crippen LogP contribution >= 0.6 is 0 Å². The molecule has 20 unspecified atom stereocenters. The fraction of sp³-hybridized carbons (Fsp3) is 0.571. The van der Waals surface area contributed by atoms with Crippen molar-refractivity contribution in [3.8, 4) is 0 Å². The summed E-state index contributed by atoms with van der Waals surface area (Å²) in [5.41, 5.74) is 26.2. The molecule has 42 heavy (non-hydrogen) atoms. The Kier molecular flexibility index (Phi) is 1.87. The number of rotatable bonds is 0. The predicted molar refractivity (Wildman–Crippen MR) is 158 cm³/mol. The zero-order valence-electron chi connectivity index (χ0n) is 24.1. The molecular formula is C42H32. The molecule has 0 saturated heterocycles. The van der Waals surface area contributed by atoms with Crippen LogP contribution in [0.15, 0.2) is 58.7 Å². The van der Waals surface area contributed by atoms with Crippen molar-refractivity contribution in [2.75, 3.05) is 0 Å². The number of allylic oxidation sites excluding steroid dienone is 12. The maximum Gasteiger partial charge on any atom is 0.0129 e. The average Bonchev–Trinajstić information content (AvgIpc) is 3.50. The number of benzene rings is 1. The molecule has 6 saturated carbocycles. The lowest BCUT2D eigenvalue weighted by atomic mass is 9.43. The van der Waals surface area contributed by atoms with E-state index in [1.807, 2.05) is 50.1 Å². The Morgan fingerprint density at radius 3 is 1.60 bits per heavy atom. The van der Waals surface area contributed by atoms with E-state index >= 15 is 0 Å². The highest BCUT2D eigenvalue weighted by molar-refractivity contribution is 6.18. The molecule has 17 aliphatic rings. The van der Waals surface area contributed by atoms with Gasteiger partial charge in [0.15, 0.2) is 0 Å². The molecule has 17 aliphatic carbocycles. The number of hydrogen-bond acceptors (Lipinski definition) is 0. The van der Waals surface area contributed by atoms with E-state index in [2.05, 4.69) is 67.0 Å². The summed E-state index contributed by atoms with van der Waals surface area (Å²) in [6.45, 7) is 5.70. The van der Waals surface area contributed by atoms with Gasteiger partial charge in [0.25, 0.3) is 0 Å². The van der Waals surface area contributed by atoms with Crippen molar-refractivity contribution in [3.05, 3.63) is 92.1 Å². The Morgan fingerprint density at radius 2 is 0.952 bits per heavy atom. The summed E-state index contributed by atoms with van der Waals surface area (Å²) in [5, 5.41) is 0. The Hall–Kier alpha value is -2.34. The summed E-state index contributed by atoms with van der Waals surface area (Å²) in [7, 11) is 0. The monoisotopic (exact) mass is 536 g/mol. The Labute approximate surface area is 245 Å². The third-order valence-electron chi connectivity index (χ3n) is 20.7. The molecule has 0 heterocycles. The van der Waals surface area contributed by atoms with Crippen molar-refractivity contribution in [1.29, 1.82) is 0 Å². The van der Waals surface area contributed by atoms with Gasteiger partial charge in [-0.15, -0.1) is 0 Å². The molecular weight excluding hydrogens is 504 g/mol. The van der Waals surface area contributed by atoms with Crippen molar-refractivity contribution in [2.24, 2.45) is 92.7 Å². The molecule has 6 fully saturated rings. The minimum Gasteiger partial charge on any atom is -0.0841 e. The van der Waals surface area contributed by atoms with E-state index in [9.17, 15) is 0 Å². The average molecular weight is 537 g/mol. The normalized spacial score (nSPS) is 70.7. The molecule has 0 bridgehead atoms. The van der Waals surface area contributed by atoms with Crippen molar-refractivity contribution < 1.29 is 0 Å². The van der Waals surface area contributed by atoms with Gasteiger partial charge >= 0.3 is 0 Å². The molecule has 1 aromatic rings. The van der Waals surface area contributed by atoms with E-state index in [1.54, 1.807) is 0 Å². The number of fused-ring (bicyclic) bond motifs is 8. The molecule has 200 valence electrons. The lowest BCUT2D eigenvalue weighted by molar-refractivity contribution is 0.0198. The summed E-state index contributed by atoms with van der Waals surface area (Å²) < 4.78 is 0. The van der Waals surface area contributed by atoms with Gasteiger partial charge in [0.1, 0.15) is 0 Å². The molecule has 0 aliphatic heterocycles. The standard InChI is InChI=1S/C42H32/c1-39-37-17-9-7-15-13-5-3-11-12-4-6-14-16-8-10-18-26-24(16)29-22(14)20(12)27-19(11)21(13)28-23(15)25(17)35-33-31(28)30(27)32(29)34(33)36(26)42(41(35,37)39)38(18)40(39,42)2/h3,5,7-19,21,23-26,37-38H,4,6H2,1-2H3. The maximum absolute atomic E-state index is 2.90. The third-order valence-corrected chi connectivity index (χ3v) is 20.7. The van der Waals surface area contributed by atoms with E-state index in [1.165, 1.54) is 12.8 Å².